The van der Waals surface area contributed by atoms with Gasteiger partial charge in [0, 0.05) is 10.4 Å². The molecule has 0 spiro atoms. The van der Waals surface area contributed by atoms with Crippen LogP contribution in [-0.2, 0) is 10.0 Å². The molecular formula is C13H20BrNO3S. The van der Waals surface area contributed by atoms with Crippen LogP contribution in [0.3, 0.4) is 0 Å². The fourth-order valence-electron chi connectivity index (χ4n) is 1.89. The van der Waals surface area contributed by atoms with E-state index in [1.165, 1.54) is 0 Å². The third kappa shape index (κ3) is 6.40. The molecule has 0 aliphatic carbocycles. The van der Waals surface area contributed by atoms with Crippen LogP contribution in [0.15, 0.2) is 22.7 Å². The number of benzene rings is 1. The Morgan fingerprint density at radius 3 is 2.68 bits per heavy atom. The summed E-state index contributed by atoms with van der Waals surface area (Å²) in [6.45, 7) is 4.33. The van der Waals surface area contributed by atoms with Crippen LogP contribution in [0, 0.1) is 12.8 Å². The number of ether oxygens (including phenoxy) is 1. The van der Waals surface area contributed by atoms with Crippen LogP contribution < -0.4 is 9.88 Å². The Hall–Kier alpha value is -0.590. The average Bonchev–Trinajstić information content (AvgIpc) is 2.28. The van der Waals surface area contributed by atoms with Gasteiger partial charge in [-0.1, -0.05) is 35.3 Å². The zero-order chi connectivity index (χ0) is 14.5. The molecule has 1 aromatic carbocycles. The summed E-state index contributed by atoms with van der Waals surface area (Å²) in [7, 11) is -3.46. The SMILES string of the molecule is CCCC(COc1cc(Br)ccc1C)CS(N)(=O)=O. The molecule has 1 atom stereocenters. The Morgan fingerprint density at radius 2 is 2.11 bits per heavy atom. The van der Waals surface area contributed by atoms with Gasteiger partial charge in [0.2, 0.25) is 10.0 Å². The van der Waals surface area contributed by atoms with Gasteiger partial charge in [0.15, 0.2) is 0 Å². The Bertz CT molecular complexity index is 517. The van der Waals surface area contributed by atoms with Crippen molar-refractivity contribution in [1.29, 1.82) is 0 Å². The lowest BCUT2D eigenvalue weighted by atomic mass is 10.1. The van der Waals surface area contributed by atoms with E-state index in [1.807, 2.05) is 32.0 Å². The van der Waals surface area contributed by atoms with E-state index in [2.05, 4.69) is 15.9 Å². The lowest BCUT2D eigenvalue weighted by molar-refractivity contribution is 0.251. The average molecular weight is 350 g/mol. The third-order valence-electron chi connectivity index (χ3n) is 2.79. The van der Waals surface area contributed by atoms with Crippen LogP contribution in [-0.4, -0.2) is 20.8 Å². The smallest absolute Gasteiger partial charge is 0.209 e. The summed E-state index contributed by atoms with van der Waals surface area (Å²) in [5.74, 6) is 0.664. The van der Waals surface area contributed by atoms with Crippen molar-refractivity contribution in [1.82, 2.24) is 0 Å². The van der Waals surface area contributed by atoms with Gasteiger partial charge in [-0.2, -0.15) is 0 Å². The van der Waals surface area contributed by atoms with Crippen LogP contribution in [0.1, 0.15) is 25.3 Å². The molecule has 0 heterocycles. The quantitative estimate of drug-likeness (QED) is 0.822. The molecule has 0 aliphatic heterocycles. The standard InChI is InChI=1S/C13H20BrNO3S/c1-3-4-11(9-19(15,16)17)8-18-13-7-12(14)6-5-10(13)2/h5-7,11H,3-4,8-9H2,1-2H3,(H2,15,16,17). The molecular weight excluding hydrogens is 330 g/mol. The van der Waals surface area contributed by atoms with Gasteiger partial charge < -0.3 is 4.74 Å². The minimum absolute atomic E-state index is 0.0338. The van der Waals surface area contributed by atoms with Gasteiger partial charge in [-0.05, 0) is 31.0 Å². The van der Waals surface area contributed by atoms with Gasteiger partial charge >= 0.3 is 0 Å². The van der Waals surface area contributed by atoms with Gasteiger partial charge in [-0.3, -0.25) is 0 Å². The first-order valence-corrected chi connectivity index (χ1v) is 8.72. The Labute approximate surface area is 123 Å². The molecule has 0 fully saturated rings. The summed E-state index contributed by atoms with van der Waals surface area (Å²) in [6, 6.07) is 5.78. The maximum Gasteiger partial charge on any atom is 0.209 e. The first-order chi connectivity index (χ1) is 8.81. The molecule has 4 nitrogen and oxygen atoms in total. The lowest BCUT2D eigenvalue weighted by Crippen LogP contribution is -2.27. The van der Waals surface area contributed by atoms with E-state index in [0.717, 1.165) is 28.6 Å². The number of aryl methyl sites for hydroxylation is 1. The molecule has 0 saturated carbocycles. The molecule has 19 heavy (non-hydrogen) atoms. The molecule has 0 aliphatic rings. The van der Waals surface area contributed by atoms with Gasteiger partial charge in [-0.15, -0.1) is 0 Å². The predicted octanol–water partition coefficient (Wildman–Crippen LogP) is 2.84. The Kier molecular flexibility index (Phi) is 6.29. The molecule has 0 bridgehead atoms. The van der Waals surface area contributed by atoms with Crippen molar-refractivity contribution in [3.8, 4) is 5.75 Å². The van der Waals surface area contributed by atoms with Crippen LogP contribution in [0.4, 0.5) is 0 Å². The van der Waals surface area contributed by atoms with Gasteiger partial charge in [0.05, 0.1) is 12.4 Å². The zero-order valence-electron chi connectivity index (χ0n) is 11.2. The third-order valence-corrected chi connectivity index (χ3v) is 4.22. The molecule has 108 valence electrons. The number of rotatable bonds is 7. The number of hydrogen-bond acceptors (Lipinski definition) is 3. The van der Waals surface area contributed by atoms with Gasteiger partial charge in [0.25, 0.3) is 0 Å². The first kappa shape index (κ1) is 16.5. The number of hydrogen-bond donors (Lipinski definition) is 1. The zero-order valence-corrected chi connectivity index (χ0v) is 13.6. The van der Waals surface area contributed by atoms with Crippen LogP contribution in [0.25, 0.3) is 0 Å². The Balaban J connectivity index is 2.68. The summed E-state index contributed by atoms with van der Waals surface area (Å²) < 4.78 is 29.0. The second-order valence-electron chi connectivity index (χ2n) is 4.71. The monoisotopic (exact) mass is 349 g/mol. The largest absolute Gasteiger partial charge is 0.493 e. The highest BCUT2D eigenvalue weighted by Crippen LogP contribution is 2.24. The maximum atomic E-state index is 11.2. The molecule has 2 N–H and O–H groups in total. The van der Waals surface area contributed by atoms with E-state index >= 15 is 0 Å². The molecule has 6 heteroatoms. The van der Waals surface area contributed by atoms with Crippen molar-refractivity contribution < 1.29 is 13.2 Å². The summed E-state index contributed by atoms with van der Waals surface area (Å²) in [4.78, 5) is 0. The van der Waals surface area contributed by atoms with Gasteiger partial charge in [-0.25, -0.2) is 13.6 Å². The summed E-state index contributed by atoms with van der Waals surface area (Å²) in [5.41, 5.74) is 1.02. The molecule has 0 radical (unpaired) electrons. The lowest BCUT2D eigenvalue weighted by Gasteiger charge is -2.17. The van der Waals surface area contributed by atoms with E-state index in [0.29, 0.717) is 6.61 Å². The second-order valence-corrected chi connectivity index (χ2v) is 7.28. The fraction of sp³-hybridized carbons (Fsp3) is 0.538. The normalized spacial score (nSPS) is 13.3. The summed E-state index contributed by atoms with van der Waals surface area (Å²) >= 11 is 3.39. The Morgan fingerprint density at radius 1 is 1.42 bits per heavy atom. The highest BCUT2D eigenvalue weighted by molar-refractivity contribution is 9.10. The number of primary sulfonamides is 1. The van der Waals surface area contributed by atoms with Crippen molar-refractivity contribution in [3.63, 3.8) is 0 Å². The van der Waals surface area contributed by atoms with Crippen LogP contribution in [0.2, 0.25) is 0 Å². The second kappa shape index (κ2) is 7.26. The topological polar surface area (TPSA) is 69.4 Å². The van der Waals surface area contributed by atoms with E-state index in [1.54, 1.807) is 0 Å². The van der Waals surface area contributed by atoms with E-state index in [9.17, 15) is 8.42 Å². The molecule has 0 aromatic heterocycles. The first-order valence-electron chi connectivity index (χ1n) is 6.21. The number of halogens is 1. The van der Waals surface area contributed by atoms with Crippen molar-refractivity contribution in [2.75, 3.05) is 12.4 Å². The highest BCUT2D eigenvalue weighted by Gasteiger charge is 2.16. The fourth-order valence-corrected chi connectivity index (χ4v) is 3.15. The molecule has 1 rings (SSSR count). The van der Waals surface area contributed by atoms with Crippen molar-refractivity contribution >= 4 is 26.0 Å². The number of nitrogens with two attached hydrogens (primary N) is 1. The van der Waals surface area contributed by atoms with E-state index in [-0.39, 0.29) is 11.7 Å². The van der Waals surface area contributed by atoms with Crippen molar-refractivity contribution in [2.45, 2.75) is 26.7 Å². The van der Waals surface area contributed by atoms with Gasteiger partial charge in [0.1, 0.15) is 5.75 Å². The summed E-state index contributed by atoms with van der Waals surface area (Å²) in [5, 5.41) is 5.10. The van der Waals surface area contributed by atoms with Crippen molar-refractivity contribution in [3.05, 3.63) is 28.2 Å². The molecule has 1 aromatic rings. The summed E-state index contributed by atoms with van der Waals surface area (Å²) in [6.07, 6.45) is 1.69. The predicted molar refractivity (Wildman–Crippen MR) is 80.7 cm³/mol. The number of sulfonamides is 1. The van der Waals surface area contributed by atoms with Crippen molar-refractivity contribution in [2.24, 2.45) is 11.1 Å². The molecule has 0 amide bonds. The molecule has 1 unspecified atom stereocenters. The van der Waals surface area contributed by atoms with E-state index < -0.39 is 10.0 Å². The molecule has 0 saturated heterocycles. The van der Waals surface area contributed by atoms with Crippen LogP contribution in [0.5, 0.6) is 5.75 Å². The highest BCUT2D eigenvalue weighted by atomic mass is 79.9. The van der Waals surface area contributed by atoms with Crippen LogP contribution >= 0.6 is 15.9 Å². The minimum Gasteiger partial charge on any atom is -0.493 e. The minimum atomic E-state index is -3.46. The maximum absolute atomic E-state index is 11.2. The van der Waals surface area contributed by atoms with E-state index in [4.69, 9.17) is 9.88 Å².